The normalized spacial score (nSPS) is 11.2. The number of carbonyl (C=O) groups excluding carboxylic acids is 4. The Morgan fingerprint density at radius 1 is 0.735 bits per heavy atom. The Balaban J connectivity index is 1.30. The zero-order valence-electron chi connectivity index (χ0n) is 28.3. The van der Waals surface area contributed by atoms with Crippen molar-refractivity contribution >= 4 is 29.3 Å². The molecule has 0 aliphatic rings. The number of ether oxygens (including phenoxy) is 3. The van der Waals surface area contributed by atoms with Crippen LogP contribution in [0.3, 0.4) is 0 Å². The number of benzene rings is 4. The molecule has 49 heavy (non-hydrogen) atoms. The van der Waals surface area contributed by atoms with E-state index in [-0.39, 0.29) is 30.3 Å². The third-order valence-corrected chi connectivity index (χ3v) is 7.91. The third-order valence-electron chi connectivity index (χ3n) is 7.91. The molecule has 4 aromatic rings. The molecule has 4 rings (SSSR count). The molecule has 4 aromatic carbocycles. The Hall–Kier alpha value is -5.44. The second-order valence-electron chi connectivity index (χ2n) is 11.8. The average Bonchev–Trinajstić information content (AvgIpc) is 3.10. The van der Waals surface area contributed by atoms with Gasteiger partial charge >= 0.3 is 5.97 Å². The molecule has 0 spiro atoms. The quantitative estimate of drug-likeness (QED) is 0.0647. The molecule has 0 saturated carbocycles. The number of methoxy groups -OCH3 is 1. The molecule has 0 aliphatic heterocycles. The maximum atomic E-state index is 13.0. The van der Waals surface area contributed by atoms with E-state index in [1.165, 1.54) is 33.3 Å². The molecule has 1 unspecified atom stereocenters. The molecule has 0 aliphatic carbocycles. The van der Waals surface area contributed by atoms with Gasteiger partial charge in [-0.05, 0) is 91.6 Å². The number of hydrogen-bond acceptors (Lipinski definition) is 7. The summed E-state index contributed by atoms with van der Waals surface area (Å²) >= 11 is 0. The van der Waals surface area contributed by atoms with Crippen LogP contribution in [-0.4, -0.2) is 43.3 Å². The van der Waals surface area contributed by atoms with Gasteiger partial charge in [0.2, 0.25) is 5.91 Å². The van der Waals surface area contributed by atoms with Crippen molar-refractivity contribution in [1.29, 1.82) is 0 Å². The number of ketones is 1. The first-order valence-corrected chi connectivity index (χ1v) is 16.6. The van der Waals surface area contributed by atoms with E-state index in [9.17, 15) is 19.2 Å². The van der Waals surface area contributed by atoms with Gasteiger partial charge in [-0.15, -0.1) is 0 Å². The van der Waals surface area contributed by atoms with Crippen LogP contribution in [0.1, 0.15) is 77.8 Å². The van der Waals surface area contributed by atoms with Crippen LogP contribution in [-0.2, 0) is 22.4 Å². The Bertz CT molecular complexity index is 1690. The Morgan fingerprint density at radius 3 is 2.10 bits per heavy atom. The monoisotopic (exact) mass is 664 g/mol. The minimum Gasteiger partial charge on any atom is -0.494 e. The average molecular weight is 665 g/mol. The van der Waals surface area contributed by atoms with Crippen molar-refractivity contribution < 1.29 is 33.4 Å². The number of amides is 2. The molecule has 0 saturated heterocycles. The predicted molar refractivity (Wildman–Crippen MR) is 190 cm³/mol. The lowest BCUT2D eigenvalue weighted by Gasteiger charge is -2.17. The minimum absolute atomic E-state index is 0.167. The van der Waals surface area contributed by atoms with Gasteiger partial charge in [-0.25, -0.2) is 4.79 Å². The lowest BCUT2D eigenvalue weighted by molar-refractivity contribution is -0.119. The van der Waals surface area contributed by atoms with Gasteiger partial charge in [0.05, 0.1) is 31.7 Å². The number of hydrogen-bond donors (Lipinski definition) is 2. The fraction of sp³-hybridized carbons (Fsp3) is 0.300. The highest BCUT2D eigenvalue weighted by Gasteiger charge is 2.21. The summed E-state index contributed by atoms with van der Waals surface area (Å²) in [7, 11) is 1.46. The van der Waals surface area contributed by atoms with Gasteiger partial charge in [0, 0.05) is 11.3 Å². The number of rotatable bonds is 18. The first-order valence-electron chi connectivity index (χ1n) is 16.6. The van der Waals surface area contributed by atoms with Crippen molar-refractivity contribution in [2.75, 3.05) is 19.0 Å². The second kappa shape index (κ2) is 18.8. The van der Waals surface area contributed by atoms with Crippen LogP contribution in [0.5, 0.6) is 17.2 Å². The van der Waals surface area contributed by atoms with Crippen molar-refractivity contribution in [2.24, 2.45) is 0 Å². The maximum Gasteiger partial charge on any atom is 0.343 e. The van der Waals surface area contributed by atoms with E-state index in [4.69, 9.17) is 14.2 Å². The Labute approximate surface area is 288 Å². The molecule has 0 fully saturated rings. The van der Waals surface area contributed by atoms with E-state index in [2.05, 4.69) is 17.6 Å². The minimum atomic E-state index is -0.812. The molecule has 2 amide bonds. The summed E-state index contributed by atoms with van der Waals surface area (Å²) in [6.07, 6.45) is 6.20. The third kappa shape index (κ3) is 11.6. The highest BCUT2D eigenvalue weighted by atomic mass is 16.6. The molecule has 0 aromatic heterocycles. The first kappa shape index (κ1) is 36.4. The highest BCUT2D eigenvalue weighted by molar-refractivity contribution is 5.98. The lowest BCUT2D eigenvalue weighted by atomic mass is 10.0. The number of carbonyl (C=O) groups is 4. The van der Waals surface area contributed by atoms with Crippen LogP contribution in [0.2, 0.25) is 0 Å². The SMILES string of the molecule is CCCCCCCOc1ccc(C(=O)Oc2ccc(CC(NC(=O)c3ccc(NC(=O)Cc4ccccc4)cc3)C(C)=O)cc2OC)cc1. The number of esters is 1. The zero-order chi connectivity index (χ0) is 35.0. The molecule has 1 atom stereocenters. The van der Waals surface area contributed by atoms with Crippen molar-refractivity contribution in [3.05, 3.63) is 119 Å². The Morgan fingerprint density at radius 2 is 1.43 bits per heavy atom. The van der Waals surface area contributed by atoms with Crippen LogP contribution in [0, 0.1) is 0 Å². The van der Waals surface area contributed by atoms with E-state index in [0.717, 1.165) is 18.4 Å². The molecule has 2 N–H and O–H groups in total. The largest absolute Gasteiger partial charge is 0.494 e. The summed E-state index contributed by atoms with van der Waals surface area (Å²) in [6.45, 7) is 4.23. The number of nitrogens with one attached hydrogen (secondary N) is 2. The topological polar surface area (TPSA) is 120 Å². The van der Waals surface area contributed by atoms with Gasteiger partial charge < -0.3 is 24.8 Å². The van der Waals surface area contributed by atoms with Crippen LogP contribution in [0.25, 0.3) is 0 Å². The fourth-order valence-electron chi connectivity index (χ4n) is 5.13. The highest BCUT2D eigenvalue weighted by Crippen LogP contribution is 2.30. The molecule has 9 nitrogen and oxygen atoms in total. The number of unbranched alkanes of at least 4 members (excludes halogenated alkanes) is 4. The van der Waals surface area contributed by atoms with Crippen molar-refractivity contribution in [2.45, 2.75) is 64.8 Å². The van der Waals surface area contributed by atoms with E-state index >= 15 is 0 Å². The van der Waals surface area contributed by atoms with Gasteiger partial charge in [0.1, 0.15) is 5.75 Å². The Kier molecular flexibility index (Phi) is 14.0. The maximum absolute atomic E-state index is 13.0. The molecule has 0 heterocycles. The van der Waals surface area contributed by atoms with Gasteiger partial charge in [-0.1, -0.05) is 69.0 Å². The summed E-state index contributed by atoms with van der Waals surface area (Å²) in [5.41, 5.74) is 2.86. The van der Waals surface area contributed by atoms with Crippen molar-refractivity contribution in [3.63, 3.8) is 0 Å². The fourth-order valence-corrected chi connectivity index (χ4v) is 5.13. The number of anilines is 1. The summed E-state index contributed by atoms with van der Waals surface area (Å²) in [5.74, 6) is -0.136. The van der Waals surface area contributed by atoms with Gasteiger partial charge in [0.15, 0.2) is 17.3 Å². The molecule has 0 bridgehead atoms. The van der Waals surface area contributed by atoms with Crippen LogP contribution >= 0.6 is 0 Å². The van der Waals surface area contributed by atoms with Crippen LogP contribution in [0.4, 0.5) is 5.69 Å². The summed E-state index contributed by atoms with van der Waals surface area (Å²) < 4.78 is 16.9. The molecular weight excluding hydrogens is 620 g/mol. The van der Waals surface area contributed by atoms with E-state index in [1.54, 1.807) is 66.7 Å². The van der Waals surface area contributed by atoms with E-state index < -0.39 is 17.9 Å². The van der Waals surface area contributed by atoms with E-state index in [0.29, 0.717) is 40.5 Å². The van der Waals surface area contributed by atoms with E-state index in [1.807, 2.05) is 30.3 Å². The van der Waals surface area contributed by atoms with Crippen LogP contribution in [0.15, 0.2) is 97.1 Å². The first-order chi connectivity index (χ1) is 23.7. The standard InChI is InChI=1S/C40H44N2O7/c1-4-5-6-7-11-24-48-34-21-17-32(18-22-34)40(46)49-36-23-14-30(26-37(36)47-3)25-35(28(2)43)42-39(45)31-15-19-33(20-16-31)41-38(44)27-29-12-9-8-10-13-29/h8-10,12-23,26,35H,4-7,11,24-25,27H2,1-3H3,(H,41,44)(H,42,45). The number of Topliss-reactive ketones (excluding diaryl/α,β-unsaturated/α-hetero) is 1. The predicted octanol–water partition coefficient (Wildman–Crippen LogP) is 7.37. The van der Waals surface area contributed by atoms with Crippen molar-refractivity contribution in [3.8, 4) is 17.2 Å². The summed E-state index contributed by atoms with van der Waals surface area (Å²) in [4.78, 5) is 50.8. The second-order valence-corrected chi connectivity index (χ2v) is 11.8. The molecule has 9 heteroatoms. The smallest absolute Gasteiger partial charge is 0.343 e. The van der Waals surface area contributed by atoms with Gasteiger partial charge in [-0.2, -0.15) is 0 Å². The summed E-state index contributed by atoms with van der Waals surface area (Å²) in [5, 5.41) is 5.62. The van der Waals surface area contributed by atoms with Crippen LogP contribution < -0.4 is 24.8 Å². The van der Waals surface area contributed by atoms with Gasteiger partial charge in [0.25, 0.3) is 5.91 Å². The zero-order valence-corrected chi connectivity index (χ0v) is 28.3. The summed E-state index contributed by atoms with van der Waals surface area (Å²) in [6, 6.07) is 26.9. The van der Waals surface area contributed by atoms with Gasteiger partial charge in [-0.3, -0.25) is 14.4 Å². The molecule has 256 valence electrons. The molecule has 0 radical (unpaired) electrons. The molecular formula is C40H44N2O7. The van der Waals surface area contributed by atoms with Crippen molar-refractivity contribution in [1.82, 2.24) is 5.32 Å². The lowest BCUT2D eigenvalue weighted by Crippen LogP contribution is -2.41.